The van der Waals surface area contributed by atoms with Gasteiger partial charge in [-0.3, -0.25) is 9.59 Å². The molecule has 3 aromatic rings. The summed E-state index contributed by atoms with van der Waals surface area (Å²) in [5.41, 5.74) is 4.67. The fraction of sp³-hybridized carbons (Fsp3) is 0.241. The maximum Gasteiger partial charge on any atom is 0.407 e. The highest BCUT2D eigenvalue weighted by atomic mass is 16.7. The molecule has 0 unspecified atom stereocenters. The predicted molar refractivity (Wildman–Crippen MR) is 134 cm³/mol. The summed E-state index contributed by atoms with van der Waals surface area (Å²) < 4.78 is 5.56. The summed E-state index contributed by atoms with van der Waals surface area (Å²) in [5, 5.41) is 3.00. The minimum atomic E-state index is -1.11. The van der Waals surface area contributed by atoms with Crippen molar-refractivity contribution >= 4 is 23.9 Å². The van der Waals surface area contributed by atoms with Crippen LogP contribution in [0.1, 0.15) is 58.0 Å². The SMILES string of the molecule is CC(C)C[C@@H](NC(=O)OCC1c2ccccc2-c2ccccc21)C(=O)ON1C(=O)c2ccccc2C1=O. The van der Waals surface area contributed by atoms with Crippen molar-refractivity contribution in [2.45, 2.75) is 32.2 Å². The highest BCUT2D eigenvalue weighted by molar-refractivity contribution is 6.20. The molecule has 8 nitrogen and oxygen atoms in total. The predicted octanol–water partition coefficient (Wildman–Crippen LogP) is 4.69. The van der Waals surface area contributed by atoms with E-state index in [9.17, 15) is 19.2 Å². The van der Waals surface area contributed by atoms with Crippen molar-refractivity contribution in [1.29, 1.82) is 0 Å². The zero-order valence-electron chi connectivity index (χ0n) is 20.5. The lowest BCUT2D eigenvalue weighted by Crippen LogP contribution is -2.46. The van der Waals surface area contributed by atoms with Crippen LogP contribution in [0.15, 0.2) is 72.8 Å². The first-order valence-electron chi connectivity index (χ1n) is 12.2. The maximum atomic E-state index is 13.0. The zero-order valence-corrected chi connectivity index (χ0v) is 20.5. The lowest BCUT2D eigenvalue weighted by Gasteiger charge is -2.22. The van der Waals surface area contributed by atoms with Crippen LogP contribution >= 0.6 is 0 Å². The molecule has 1 aliphatic heterocycles. The first-order chi connectivity index (χ1) is 17.8. The number of nitrogens with one attached hydrogen (secondary N) is 1. The van der Waals surface area contributed by atoms with Crippen LogP contribution in [0.5, 0.6) is 0 Å². The molecule has 0 radical (unpaired) electrons. The molecule has 1 atom stereocenters. The number of ether oxygens (including phenoxy) is 1. The third-order valence-electron chi connectivity index (χ3n) is 6.57. The van der Waals surface area contributed by atoms with Gasteiger partial charge in [-0.05, 0) is 46.7 Å². The Morgan fingerprint density at radius 1 is 0.811 bits per heavy atom. The molecule has 8 heteroatoms. The number of hydrogen-bond donors (Lipinski definition) is 1. The summed E-state index contributed by atoms with van der Waals surface area (Å²) in [5.74, 6) is -2.49. The number of hydroxylamine groups is 2. The number of rotatable bonds is 7. The third kappa shape index (κ3) is 4.58. The molecule has 3 aromatic carbocycles. The molecule has 5 rings (SSSR count). The van der Waals surface area contributed by atoms with E-state index in [1.54, 1.807) is 12.1 Å². The second kappa shape index (κ2) is 9.89. The molecule has 0 aromatic heterocycles. The summed E-state index contributed by atoms with van der Waals surface area (Å²) in [6, 6.07) is 21.1. The van der Waals surface area contributed by atoms with E-state index < -0.39 is 29.9 Å². The molecule has 0 saturated heterocycles. The van der Waals surface area contributed by atoms with Gasteiger partial charge >= 0.3 is 12.1 Å². The number of hydrogen-bond acceptors (Lipinski definition) is 6. The number of fused-ring (bicyclic) bond motifs is 4. The summed E-state index contributed by atoms with van der Waals surface area (Å²) in [7, 11) is 0. The third-order valence-corrected chi connectivity index (χ3v) is 6.57. The maximum absolute atomic E-state index is 13.0. The van der Waals surface area contributed by atoms with Crippen molar-refractivity contribution in [3.8, 4) is 11.1 Å². The van der Waals surface area contributed by atoms with Crippen molar-refractivity contribution in [3.63, 3.8) is 0 Å². The lowest BCUT2D eigenvalue weighted by molar-refractivity contribution is -0.171. The average molecular weight is 499 g/mol. The standard InChI is InChI=1S/C29H26N2O6/c1-17(2)15-25(28(34)37-31-26(32)22-13-7-8-14-23(22)27(31)33)30-29(35)36-16-24-20-11-5-3-9-18(20)19-10-4-6-12-21(19)24/h3-14,17,24-25H,15-16H2,1-2H3,(H,30,35)/t25-/m1/s1. The van der Waals surface area contributed by atoms with Crippen LogP contribution in [-0.2, 0) is 14.4 Å². The number of amides is 3. The molecule has 0 bridgehead atoms. The fourth-order valence-corrected chi connectivity index (χ4v) is 4.87. The van der Waals surface area contributed by atoms with Crippen molar-refractivity contribution in [1.82, 2.24) is 10.4 Å². The normalized spacial score (nSPS) is 14.7. The highest BCUT2D eigenvalue weighted by Crippen LogP contribution is 2.44. The number of benzene rings is 3. The quantitative estimate of drug-likeness (QED) is 0.474. The number of nitrogens with zero attached hydrogens (tertiary/aromatic N) is 1. The molecule has 0 fully saturated rings. The number of carbonyl (C=O) groups excluding carboxylic acids is 4. The Morgan fingerprint density at radius 3 is 1.81 bits per heavy atom. The second-order valence-electron chi connectivity index (χ2n) is 9.51. The van der Waals surface area contributed by atoms with E-state index in [1.807, 2.05) is 62.4 Å². The van der Waals surface area contributed by atoms with Gasteiger partial charge in [0.2, 0.25) is 0 Å². The van der Waals surface area contributed by atoms with Gasteiger partial charge in [0.05, 0.1) is 11.1 Å². The summed E-state index contributed by atoms with van der Waals surface area (Å²) in [4.78, 5) is 56.1. The van der Waals surface area contributed by atoms with Crippen LogP contribution in [0, 0.1) is 5.92 Å². The Morgan fingerprint density at radius 2 is 1.30 bits per heavy atom. The van der Waals surface area contributed by atoms with E-state index in [0.717, 1.165) is 22.3 Å². The van der Waals surface area contributed by atoms with E-state index in [4.69, 9.17) is 9.57 Å². The second-order valence-corrected chi connectivity index (χ2v) is 9.51. The molecule has 1 N–H and O–H groups in total. The van der Waals surface area contributed by atoms with Gasteiger partial charge in [-0.15, -0.1) is 0 Å². The van der Waals surface area contributed by atoms with Gasteiger partial charge in [-0.25, -0.2) is 9.59 Å². The van der Waals surface area contributed by atoms with Gasteiger partial charge < -0.3 is 14.9 Å². The van der Waals surface area contributed by atoms with Crippen LogP contribution in [0.25, 0.3) is 11.1 Å². The minimum absolute atomic E-state index is 0.00798. The van der Waals surface area contributed by atoms with E-state index in [-0.39, 0.29) is 36.0 Å². The van der Waals surface area contributed by atoms with Crippen LogP contribution in [0.2, 0.25) is 0 Å². The summed E-state index contributed by atoms with van der Waals surface area (Å²) in [6.45, 7) is 3.84. The van der Waals surface area contributed by atoms with Gasteiger partial charge in [0.25, 0.3) is 11.8 Å². The van der Waals surface area contributed by atoms with Crippen molar-refractivity contribution in [2.75, 3.05) is 6.61 Å². The average Bonchev–Trinajstić information content (AvgIpc) is 3.34. The Hall–Kier alpha value is -4.46. The minimum Gasteiger partial charge on any atom is -0.449 e. The Labute approximate surface area is 214 Å². The molecule has 1 aliphatic carbocycles. The number of carbonyl (C=O) groups is 4. The van der Waals surface area contributed by atoms with Crippen molar-refractivity contribution < 1.29 is 28.8 Å². The molecular weight excluding hydrogens is 472 g/mol. The first kappa shape index (κ1) is 24.2. The smallest absolute Gasteiger partial charge is 0.407 e. The molecule has 0 spiro atoms. The largest absolute Gasteiger partial charge is 0.449 e. The first-order valence-corrected chi connectivity index (χ1v) is 12.2. The Bertz CT molecular complexity index is 1320. The van der Waals surface area contributed by atoms with Crippen molar-refractivity contribution in [3.05, 3.63) is 95.1 Å². The molecule has 37 heavy (non-hydrogen) atoms. The van der Waals surface area contributed by atoms with E-state index >= 15 is 0 Å². The van der Waals surface area contributed by atoms with Crippen LogP contribution in [0.3, 0.4) is 0 Å². The van der Waals surface area contributed by atoms with Gasteiger partial charge in [-0.2, -0.15) is 0 Å². The summed E-state index contributed by atoms with van der Waals surface area (Å²) >= 11 is 0. The van der Waals surface area contributed by atoms with Crippen molar-refractivity contribution in [2.24, 2.45) is 5.92 Å². The Kier molecular flexibility index (Phi) is 6.48. The molecule has 1 heterocycles. The fourth-order valence-electron chi connectivity index (χ4n) is 4.87. The molecular formula is C29H26N2O6. The highest BCUT2D eigenvalue weighted by Gasteiger charge is 2.40. The number of imide groups is 1. The Balaban J connectivity index is 1.25. The molecule has 188 valence electrons. The van der Waals surface area contributed by atoms with Crippen LogP contribution < -0.4 is 5.32 Å². The lowest BCUT2D eigenvalue weighted by atomic mass is 9.98. The number of alkyl carbamates (subject to hydrolysis) is 1. The van der Waals surface area contributed by atoms with Gasteiger partial charge in [0.1, 0.15) is 12.6 Å². The van der Waals surface area contributed by atoms with Crippen LogP contribution in [-0.4, -0.2) is 41.6 Å². The van der Waals surface area contributed by atoms with E-state index in [1.165, 1.54) is 12.1 Å². The van der Waals surface area contributed by atoms with Gasteiger partial charge in [0.15, 0.2) is 0 Å². The zero-order chi connectivity index (χ0) is 26.1. The van der Waals surface area contributed by atoms with Crippen LogP contribution in [0.4, 0.5) is 4.79 Å². The molecule has 3 amide bonds. The van der Waals surface area contributed by atoms with E-state index in [0.29, 0.717) is 5.06 Å². The topological polar surface area (TPSA) is 102 Å². The molecule has 0 saturated carbocycles. The van der Waals surface area contributed by atoms with Gasteiger partial charge in [-0.1, -0.05) is 79.6 Å². The molecule has 2 aliphatic rings. The van der Waals surface area contributed by atoms with Gasteiger partial charge in [0, 0.05) is 5.92 Å². The monoisotopic (exact) mass is 498 g/mol. The van der Waals surface area contributed by atoms with E-state index in [2.05, 4.69) is 5.32 Å². The summed E-state index contributed by atoms with van der Waals surface area (Å²) in [6.07, 6.45) is -0.557.